The maximum Gasteiger partial charge on any atom is 0.224 e. The van der Waals surface area contributed by atoms with Crippen LogP contribution in [0, 0.1) is 5.92 Å². The van der Waals surface area contributed by atoms with Crippen LogP contribution in [0.25, 0.3) is 0 Å². The van der Waals surface area contributed by atoms with Crippen molar-refractivity contribution in [1.29, 1.82) is 0 Å². The van der Waals surface area contributed by atoms with E-state index >= 15 is 0 Å². The van der Waals surface area contributed by atoms with E-state index in [0.29, 0.717) is 17.4 Å². The standard InChI is InChI=1S/C16H24ClN3O/c1-20(2)16-13(17)6-3-7-14(16)19-15(21)9-8-12-5-4-10-18-11-12/h3,6-7,12,18H,4-5,8-11H2,1-2H3,(H,19,21). The molecule has 0 aliphatic carbocycles. The summed E-state index contributed by atoms with van der Waals surface area (Å²) in [6, 6.07) is 5.58. The van der Waals surface area contributed by atoms with E-state index < -0.39 is 0 Å². The molecule has 2 rings (SSSR count). The maximum absolute atomic E-state index is 12.1. The number of benzene rings is 1. The van der Waals surface area contributed by atoms with Crippen LogP contribution in [-0.2, 0) is 4.79 Å². The highest BCUT2D eigenvalue weighted by Gasteiger charge is 2.16. The van der Waals surface area contributed by atoms with Gasteiger partial charge in [-0.2, -0.15) is 0 Å². The van der Waals surface area contributed by atoms with E-state index in [1.54, 1.807) is 0 Å². The Bertz CT molecular complexity index is 484. The number of piperidine rings is 1. The van der Waals surface area contributed by atoms with Gasteiger partial charge in [-0.25, -0.2) is 0 Å². The smallest absolute Gasteiger partial charge is 0.224 e. The van der Waals surface area contributed by atoms with Crippen molar-refractivity contribution in [3.8, 4) is 0 Å². The average molecular weight is 310 g/mol. The van der Waals surface area contributed by atoms with Crippen LogP contribution in [0.2, 0.25) is 5.02 Å². The summed E-state index contributed by atoms with van der Waals surface area (Å²) in [4.78, 5) is 14.1. The number of anilines is 2. The van der Waals surface area contributed by atoms with Gasteiger partial charge in [0.15, 0.2) is 0 Å². The topological polar surface area (TPSA) is 44.4 Å². The second-order valence-corrected chi connectivity index (χ2v) is 6.24. The fourth-order valence-electron chi connectivity index (χ4n) is 2.79. The van der Waals surface area contributed by atoms with Crippen molar-refractivity contribution in [2.45, 2.75) is 25.7 Å². The highest BCUT2D eigenvalue weighted by molar-refractivity contribution is 6.34. The Hall–Kier alpha value is -1.26. The summed E-state index contributed by atoms with van der Waals surface area (Å²) in [7, 11) is 3.84. The number of hydrogen-bond donors (Lipinski definition) is 2. The van der Waals surface area contributed by atoms with Gasteiger partial charge in [0.05, 0.1) is 16.4 Å². The van der Waals surface area contributed by atoms with E-state index in [4.69, 9.17) is 11.6 Å². The van der Waals surface area contributed by atoms with Crippen LogP contribution in [0.5, 0.6) is 0 Å². The van der Waals surface area contributed by atoms with Crippen molar-refractivity contribution >= 4 is 28.9 Å². The molecule has 0 radical (unpaired) electrons. The quantitative estimate of drug-likeness (QED) is 0.878. The highest BCUT2D eigenvalue weighted by atomic mass is 35.5. The SMILES string of the molecule is CN(C)c1c(Cl)cccc1NC(=O)CCC1CCCNC1. The molecule has 21 heavy (non-hydrogen) atoms. The lowest BCUT2D eigenvalue weighted by atomic mass is 9.94. The lowest BCUT2D eigenvalue weighted by molar-refractivity contribution is -0.116. The highest BCUT2D eigenvalue weighted by Crippen LogP contribution is 2.32. The molecular weight excluding hydrogens is 286 g/mol. The van der Waals surface area contributed by atoms with Crippen LogP contribution in [0.1, 0.15) is 25.7 Å². The second-order valence-electron chi connectivity index (χ2n) is 5.83. The lowest BCUT2D eigenvalue weighted by Crippen LogP contribution is -2.30. The van der Waals surface area contributed by atoms with Crippen molar-refractivity contribution in [2.75, 3.05) is 37.4 Å². The van der Waals surface area contributed by atoms with E-state index in [2.05, 4.69) is 10.6 Å². The Morgan fingerprint density at radius 1 is 1.48 bits per heavy atom. The van der Waals surface area contributed by atoms with Crippen LogP contribution in [0.15, 0.2) is 18.2 Å². The van der Waals surface area contributed by atoms with Crippen molar-refractivity contribution in [3.63, 3.8) is 0 Å². The molecule has 1 atom stereocenters. The van der Waals surface area contributed by atoms with Crippen LogP contribution < -0.4 is 15.5 Å². The van der Waals surface area contributed by atoms with Crippen LogP contribution in [0.3, 0.4) is 0 Å². The first kappa shape index (κ1) is 16.1. The van der Waals surface area contributed by atoms with Crippen LogP contribution in [-0.4, -0.2) is 33.1 Å². The van der Waals surface area contributed by atoms with Crippen LogP contribution >= 0.6 is 11.6 Å². The monoisotopic (exact) mass is 309 g/mol. The van der Waals surface area contributed by atoms with Gasteiger partial charge >= 0.3 is 0 Å². The molecule has 1 fully saturated rings. The van der Waals surface area contributed by atoms with Gasteiger partial charge < -0.3 is 15.5 Å². The molecule has 1 aliphatic rings. The fourth-order valence-corrected chi connectivity index (χ4v) is 3.13. The molecule has 1 aromatic rings. The van der Waals surface area contributed by atoms with Crippen molar-refractivity contribution < 1.29 is 4.79 Å². The van der Waals surface area contributed by atoms with Gasteiger partial charge in [-0.1, -0.05) is 17.7 Å². The molecule has 2 N–H and O–H groups in total. The van der Waals surface area contributed by atoms with E-state index in [-0.39, 0.29) is 5.91 Å². The average Bonchev–Trinajstić information content (AvgIpc) is 2.46. The minimum absolute atomic E-state index is 0.0611. The first-order valence-corrected chi connectivity index (χ1v) is 7.92. The number of rotatable bonds is 5. The van der Waals surface area contributed by atoms with Gasteiger partial charge in [0, 0.05) is 20.5 Å². The summed E-state index contributed by atoms with van der Waals surface area (Å²) < 4.78 is 0. The first-order valence-electron chi connectivity index (χ1n) is 7.54. The number of carbonyl (C=O) groups excluding carboxylic acids is 1. The van der Waals surface area contributed by atoms with Gasteiger partial charge in [-0.3, -0.25) is 4.79 Å². The molecule has 0 spiro atoms. The first-order chi connectivity index (χ1) is 10.1. The minimum Gasteiger partial charge on any atom is -0.375 e. The van der Waals surface area contributed by atoms with Gasteiger partial charge in [-0.05, 0) is 50.4 Å². The summed E-state index contributed by atoms with van der Waals surface area (Å²) in [6.45, 7) is 2.14. The number of amides is 1. The van der Waals surface area contributed by atoms with E-state index in [0.717, 1.165) is 30.9 Å². The Balaban J connectivity index is 1.91. The Labute approximate surface area is 131 Å². The molecule has 116 valence electrons. The number of nitrogens with one attached hydrogen (secondary N) is 2. The number of halogens is 1. The third-order valence-electron chi connectivity index (χ3n) is 3.89. The van der Waals surface area contributed by atoms with Crippen molar-refractivity contribution in [3.05, 3.63) is 23.2 Å². The molecule has 4 nitrogen and oxygen atoms in total. The van der Waals surface area contributed by atoms with Crippen molar-refractivity contribution in [2.24, 2.45) is 5.92 Å². The second kappa shape index (κ2) is 7.66. The number of carbonyl (C=O) groups is 1. The summed E-state index contributed by atoms with van der Waals surface area (Å²) in [5, 5.41) is 7.02. The van der Waals surface area contributed by atoms with E-state index in [1.165, 1.54) is 12.8 Å². The zero-order chi connectivity index (χ0) is 15.2. The van der Waals surface area contributed by atoms with Gasteiger partial charge in [-0.15, -0.1) is 0 Å². The molecule has 0 saturated carbocycles. The Morgan fingerprint density at radius 3 is 2.95 bits per heavy atom. The van der Waals surface area contributed by atoms with E-state index in [1.807, 2.05) is 37.2 Å². The molecule has 0 aromatic heterocycles. The zero-order valence-corrected chi connectivity index (χ0v) is 13.5. The molecule has 1 saturated heterocycles. The predicted molar refractivity (Wildman–Crippen MR) is 89.2 cm³/mol. The molecule has 5 heteroatoms. The summed E-state index contributed by atoms with van der Waals surface area (Å²) >= 11 is 6.21. The molecule has 1 amide bonds. The predicted octanol–water partition coefficient (Wildman–Crippen LogP) is 3.12. The Kier molecular flexibility index (Phi) is 5.88. The number of hydrogen-bond acceptors (Lipinski definition) is 3. The lowest BCUT2D eigenvalue weighted by Gasteiger charge is -2.23. The largest absolute Gasteiger partial charge is 0.375 e. The fraction of sp³-hybridized carbons (Fsp3) is 0.562. The van der Waals surface area contributed by atoms with Crippen molar-refractivity contribution in [1.82, 2.24) is 5.32 Å². The number of para-hydroxylation sites is 1. The third-order valence-corrected chi connectivity index (χ3v) is 4.19. The summed E-state index contributed by atoms with van der Waals surface area (Å²) in [5.41, 5.74) is 1.63. The molecule has 1 aliphatic heterocycles. The third kappa shape index (κ3) is 4.61. The van der Waals surface area contributed by atoms with Crippen LogP contribution in [0.4, 0.5) is 11.4 Å². The molecule has 1 unspecified atom stereocenters. The van der Waals surface area contributed by atoms with Gasteiger partial charge in [0.1, 0.15) is 0 Å². The summed E-state index contributed by atoms with van der Waals surface area (Å²) in [5.74, 6) is 0.683. The Morgan fingerprint density at radius 2 is 2.29 bits per heavy atom. The van der Waals surface area contributed by atoms with Gasteiger partial charge in [0.25, 0.3) is 0 Å². The van der Waals surface area contributed by atoms with E-state index in [9.17, 15) is 4.79 Å². The molecule has 0 bridgehead atoms. The maximum atomic E-state index is 12.1. The number of nitrogens with zero attached hydrogens (tertiary/aromatic N) is 1. The summed E-state index contributed by atoms with van der Waals surface area (Å²) in [6.07, 6.45) is 3.94. The minimum atomic E-state index is 0.0611. The normalized spacial score (nSPS) is 18.3. The molecular formula is C16H24ClN3O. The van der Waals surface area contributed by atoms with Gasteiger partial charge in [0.2, 0.25) is 5.91 Å². The zero-order valence-electron chi connectivity index (χ0n) is 12.8. The molecule has 1 heterocycles. The molecule has 1 aromatic carbocycles.